The Morgan fingerprint density at radius 1 is 1.44 bits per heavy atom. The Morgan fingerprint density at radius 2 is 2.00 bits per heavy atom. The van der Waals surface area contributed by atoms with E-state index in [0.29, 0.717) is 0 Å². The summed E-state index contributed by atoms with van der Waals surface area (Å²) < 4.78 is 0. The van der Waals surface area contributed by atoms with Crippen molar-refractivity contribution in [3.8, 4) is 6.07 Å². The highest BCUT2D eigenvalue weighted by Crippen LogP contribution is 2.17. The zero-order chi connectivity index (χ0) is 13.7. The number of nitrogens with zero attached hydrogens (tertiary/aromatic N) is 3. The summed E-state index contributed by atoms with van der Waals surface area (Å²) in [5.74, 6) is 0.0689. The maximum Gasteiger partial charge on any atom is 0.191 e. The molecular weight excluding hydrogens is 252 g/mol. The van der Waals surface area contributed by atoms with Crippen molar-refractivity contribution in [3.63, 3.8) is 0 Å². The third-order valence-electron chi connectivity index (χ3n) is 1.86. The number of rotatable bonds is 4. The molecule has 18 heavy (non-hydrogen) atoms. The van der Waals surface area contributed by atoms with Crippen molar-refractivity contribution in [1.29, 1.82) is 5.26 Å². The number of ketones is 1. The number of aromatic nitrogens is 2. The summed E-state index contributed by atoms with van der Waals surface area (Å²) in [5.41, 5.74) is 16.5. The van der Waals surface area contributed by atoms with E-state index in [1.165, 1.54) is 13.0 Å². The Hall–Kier alpha value is -2.27. The van der Waals surface area contributed by atoms with Crippen molar-refractivity contribution < 1.29 is 4.79 Å². The average Bonchev–Trinajstić information content (AvgIpc) is 2.25. The van der Waals surface area contributed by atoms with Crippen LogP contribution < -0.4 is 17.2 Å². The van der Waals surface area contributed by atoms with Crippen LogP contribution >= 0.6 is 11.8 Å². The summed E-state index contributed by atoms with van der Waals surface area (Å²) in [6.07, 6.45) is 0. The zero-order valence-electron chi connectivity index (χ0n) is 9.67. The van der Waals surface area contributed by atoms with Crippen molar-refractivity contribution >= 4 is 29.2 Å². The fourth-order valence-corrected chi connectivity index (χ4v) is 1.84. The number of hydrogen-bond acceptors (Lipinski definition) is 8. The summed E-state index contributed by atoms with van der Waals surface area (Å²) in [6, 6.07) is 3.18. The highest BCUT2D eigenvalue weighted by Gasteiger charge is 2.13. The van der Waals surface area contributed by atoms with Gasteiger partial charge in [-0.3, -0.25) is 4.79 Å². The Morgan fingerprint density at radius 3 is 2.44 bits per heavy atom. The Kier molecular flexibility index (Phi) is 4.51. The van der Waals surface area contributed by atoms with E-state index in [4.69, 9.17) is 22.5 Å². The topological polar surface area (TPSA) is 145 Å². The van der Waals surface area contributed by atoms with Crippen LogP contribution in [0.5, 0.6) is 0 Å². The molecule has 0 fully saturated rings. The number of Topliss-reactive ketones (excluding diaryl/α,β-unsaturated/α-hetero) is 1. The predicted octanol–water partition coefficient (Wildman–Crippen LogP) is 0.0585. The standard InChI is InChI=1S/C10H12N6OS/c1-5(12)6(3-11)7(17)4-18-10-15-8(13)2-9(14)16-10/h2H,4,12H2,1H3,(H4,13,14,15,16)/b6-5+. The number of carbonyl (C=O) groups is 1. The molecule has 0 aliphatic carbocycles. The van der Waals surface area contributed by atoms with Crippen LogP contribution in [-0.2, 0) is 4.79 Å². The summed E-state index contributed by atoms with van der Waals surface area (Å²) in [4.78, 5) is 19.5. The van der Waals surface area contributed by atoms with E-state index in [1.807, 2.05) is 0 Å². The van der Waals surface area contributed by atoms with Gasteiger partial charge < -0.3 is 17.2 Å². The minimum atomic E-state index is -0.382. The third-order valence-corrected chi connectivity index (χ3v) is 2.71. The fraction of sp³-hybridized carbons (Fsp3) is 0.200. The molecular formula is C10H12N6OS. The molecule has 1 rings (SSSR count). The molecule has 6 N–H and O–H groups in total. The van der Waals surface area contributed by atoms with Crippen LogP contribution in [0.1, 0.15) is 6.92 Å². The van der Waals surface area contributed by atoms with Crippen LogP contribution in [0, 0.1) is 11.3 Å². The molecule has 0 unspecified atom stereocenters. The van der Waals surface area contributed by atoms with Crippen LogP contribution in [0.15, 0.2) is 22.5 Å². The number of anilines is 2. The number of nitrogen functional groups attached to an aromatic ring is 2. The van der Waals surface area contributed by atoms with Gasteiger partial charge in [0.15, 0.2) is 10.9 Å². The van der Waals surface area contributed by atoms with Crippen molar-refractivity contribution in [2.45, 2.75) is 12.1 Å². The highest BCUT2D eigenvalue weighted by molar-refractivity contribution is 7.99. The number of thioether (sulfide) groups is 1. The van der Waals surface area contributed by atoms with E-state index in [-0.39, 0.29) is 39.6 Å². The first-order valence-electron chi connectivity index (χ1n) is 4.86. The first-order valence-corrected chi connectivity index (χ1v) is 5.85. The van der Waals surface area contributed by atoms with Gasteiger partial charge in [-0.25, -0.2) is 9.97 Å². The van der Waals surface area contributed by atoms with Gasteiger partial charge in [0.25, 0.3) is 0 Å². The average molecular weight is 264 g/mol. The Balaban J connectivity index is 2.75. The molecule has 94 valence electrons. The molecule has 1 aromatic heterocycles. The van der Waals surface area contributed by atoms with Crippen LogP contribution in [0.2, 0.25) is 0 Å². The van der Waals surface area contributed by atoms with Crippen molar-refractivity contribution in [3.05, 3.63) is 17.3 Å². The number of nitrogens with two attached hydrogens (primary N) is 3. The van der Waals surface area contributed by atoms with E-state index < -0.39 is 0 Å². The van der Waals surface area contributed by atoms with Gasteiger partial charge in [0.1, 0.15) is 23.3 Å². The Labute approximate surface area is 108 Å². The Bertz CT molecular complexity index is 524. The lowest BCUT2D eigenvalue weighted by atomic mass is 10.2. The van der Waals surface area contributed by atoms with Crippen LogP contribution in [0.4, 0.5) is 11.6 Å². The first kappa shape index (κ1) is 13.8. The maximum absolute atomic E-state index is 11.7. The minimum Gasteiger partial charge on any atom is -0.401 e. The molecule has 0 aliphatic heterocycles. The lowest BCUT2D eigenvalue weighted by Gasteiger charge is -2.02. The van der Waals surface area contributed by atoms with Crippen LogP contribution in [-0.4, -0.2) is 21.5 Å². The molecule has 0 saturated carbocycles. The molecule has 0 saturated heterocycles. The molecule has 8 heteroatoms. The number of allylic oxidation sites excluding steroid dienone is 2. The predicted molar refractivity (Wildman–Crippen MR) is 69.1 cm³/mol. The van der Waals surface area contributed by atoms with Gasteiger partial charge in [-0.05, 0) is 6.92 Å². The summed E-state index contributed by atoms with van der Waals surface area (Å²) in [6.45, 7) is 1.50. The smallest absolute Gasteiger partial charge is 0.191 e. The molecule has 0 atom stereocenters. The SMILES string of the molecule is C/C(N)=C(/C#N)C(=O)CSc1nc(N)cc(N)n1. The van der Waals surface area contributed by atoms with Gasteiger partial charge >= 0.3 is 0 Å². The normalized spacial score (nSPS) is 11.6. The molecule has 7 nitrogen and oxygen atoms in total. The van der Waals surface area contributed by atoms with Crippen molar-refractivity contribution in [1.82, 2.24) is 9.97 Å². The van der Waals surface area contributed by atoms with E-state index in [0.717, 1.165) is 11.8 Å². The number of nitriles is 1. The molecule has 0 bridgehead atoms. The zero-order valence-corrected chi connectivity index (χ0v) is 10.5. The van der Waals surface area contributed by atoms with Gasteiger partial charge in [-0.2, -0.15) is 5.26 Å². The largest absolute Gasteiger partial charge is 0.401 e. The summed E-state index contributed by atoms with van der Waals surface area (Å²) in [7, 11) is 0. The molecule has 0 spiro atoms. The van der Waals surface area contributed by atoms with Gasteiger partial charge in [-0.15, -0.1) is 0 Å². The number of carbonyl (C=O) groups excluding carboxylic acids is 1. The molecule has 1 aromatic rings. The maximum atomic E-state index is 11.7. The van der Waals surface area contributed by atoms with Crippen LogP contribution in [0.3, 0.4) is 0 Å². The number of hydrogen-bond donors (Lipinski definition) is 3. The second-order valence-corrected chi connectivity index (χ2v) is 4.32. The minimum absolute atomic E-state index is 0.000324. The monoisotopic (exact) mass is 264 g/mol. The highest BCUT2D eigenvalue weighted by atomic mass is 32.2. The molecule has 0 amide bonds. The van der Waals surface area contributed by atoms with Gasteiger partial charge in [0.2, 0.25) is 0 Å². The second kappa shape index (κ2) is 5.88. The molecule has 0 aliphatic rings. The van der Waals surface area contributed by atoms with E-state index >= 15 is 0 Å². The van der Waals surface area contributed by atoms with Crippen molar-refractivity contribution in [2.75, 3.05) is 17.2 Å². The van der Waals surface area contributed by atoms with Gasteiger partial charge in [-0.1, -0.05) is 11.8 Å². The quantitative estimate of drug-likeness (QED) is 0.299. The van der Waals surface area contributed by atoms with E-state index in [1.54, 1.807) is 6.07 Å². The van der Waals surface area contributed by atoms with Gasteiger partial charge in [0.05, 0.1) is 5.75 Å². The fourth-order valence-electron chi connectivity index (χ4n) is 1.10. The first-order chi connectivity index (χ1) is 8.43. The summed E-state index contributed by atoms with van der Waals surface area (Å²) in [5, 5.41) is 9.05. The summed E-state index contributed by atoms with van der Waals surface area (Å²) >= 11 is 1.05. The lowest BCUT2D eigenvalue weighted by Crippen LogP contribution is -2.10. The lowest BCUT2D eigenvalue weighted by molar-refractivity contribution is -0.112. The second-order valence-electron chi connectivity index (χ2n) is 3.38. The van der Waals surface area contributed by atoms with Crippen molar-refractivity contribution in [2.24, 2.45) is 5.73 Å². The van der Waals surface area contributed by atoms with E-state index in [2.05, 4.69) is 9.97 Å². The van der Waals surface area contributed by atoms with Crippen LogP contribution in [0.25, 0.3) is 0 Å². The van der Waals surface area contributed by atoms with E-state index in [9.17, 15) is 4.79 Å². The molecule has 0 aromatic carbocycles. The van der Waals surface area contributed by atoms with Gasteiger partial charge in [0, 0.05) is 11.8 Å². The molecule has 0 radical (unpaired) electrons. The molecule has 1 heterocycles. The third kappa shape index (κ3) is 3.64.